The molecule has 0 spiro atoms. The van der Waals surface area contributed by atoms with Crippen molar-refractivity contribution >= 4 is 23.1 Å². The molecular weight excluding hydrogens is 500 g/mol. The number of hydrogen-bond donors (Lipinski definition) is 1. The van der Waals surface area contributed by atoms with Crippen LogP contribution in [0.1, 0.15) is 33.9 Å². The number of aliphatic hydroxyl groups excluding tert-OH is 1. The van der Waals surface area contributed by atoms with Gasteiger partial charge < -0.3 is 9.84 Å². The molecule has 5 rings (SSSR count). The van der Waals surface area contributed by atoms with Gasteiger partial charge in [0.05, 0.1) is 17.3 Å². The Morgan fingerprint density at radius 2 is 1.67 bits per heavy atom. The van der Waals surface area contributed by atoms with Crippen LogP contribution in [-0.4, -0.2) is 16.8 Å². The zero-order valence-electron chi connectivity index (χ0n) is 21.3. The van der Waals surface area contributed by atoms with Gasteiger partial charge in [-0.25, -0.2) is 8.78 Å². The van der Waals surface area contributed by atoms with Crippen molar-refractivity contribution in [2.75, 3.05) is 4.90 Å². The van der Waals surface area contributed by atoms with Crippen LogP contribution in [0.2, 0.25) is 0 Å². The first-order chi connectivity index (χ1) is 18.7. The smallest absolute Gasteiger partial charge is 0.300 e. The fraction of sp³-hybridized carbons (Fsp3) is 0.125. The van der Waals surface area contributed by atoms with Gasteiger partial charge in [-0.2, -0.15) is 0 Å². The summed E-state index contributed by atoms with van der Waals surface area (Å²) in [5.74, 6) is -3.52. The van der Waals surface area contributed by atoms with Crippen LogP contribution in [0.25, 0.3) is 5.76 Å². The maximum atomic E-state index is 14.9. The molecular formula is C32H25F2NO4. The lowest BCUT2D eigenvalue weighted by atomic mass is 9.93. The SMILES string of the molecule is Cc1cccc(C2/C(=C(\O)c3ccc(OCc4ccccc4)c(C)c3)C(=O)C(=O)N2c2cc(F)ccc2F)c1. The molecule has 196 valence electrons. The van der Waals surface area contributed by atoms with Crippen LogP contribution in [-0.2, 0) is 16.2 Å². The first-order valence-corrected chi connectivity index (χ1v) is 12.3. The highest BCUT2D eigenvalue weighted by molar-refractivity contribution is 6.51. The van der Waals surface area contributed by atoms with Crippen molar-refractivity contribution in [1.82, 2.24) is 0 Å². The summed E-state index contributed by atoms with van der Waals surface area (Å²) < 4.78 is 34.9. The fourth-order valence-electron chi connectivity index (χ4n) is 4.76. The van der Waals surface area contributed by atoms with Gasteiger partial charge in [0.25, 0.3) is 11.7 Å². The van der Waals surface area contributed by atoms with E-state index in [9.17, 15) is 23.5 Å². The summed E-state index contributed by atoms with van der Waals surface area (Å²) in [6.45, 7) is 3.98. The average Bonchev–Trinajstić information content (AvgIpc) is 3.19. The van der Waals surface area contributed by atoms with E-state index in [0.717, 1.165) is 34.2 Å². The Balaban J connectivity index is 1.59. The number of aliphatic hydroxyl groups is 1. The summed E-state index contributed by atoms with van der Waals surface area (Å²) in [5.41, 5.74) is 2.68. The summed E-state index contributed by atoms with van der Waals surface area (Å²) in [6, 6.07) is 23.1. The number of Topliss-reactive ketones (excluding diaryl/α,β-unsaturated/α-hetero) is 1. The highest BCUT2D eigenvalue weighted by Crippen LogP contribution is 2.43. The molecule has 0 bridgehead atoms. The zero-order chi connectivity index (χ0) is 27.7. The zero-order valence-corrected chi connectivity index (χ0v) is 21.3. The van der Waals surface area contributed by atoms with Crippen LogP contribution < -0.4 is 9.64 Å². The van der Waals surface area contributed by atoms with Crippen LogP contribution >= 0.6 is 0 Å². The van der Waals surface area contributed by atoms with Crippen molar-refractivity contribution in [2.45, 2.75) is 26.5 Å². The number of amides is 1. The first kappa shape index (κ1) is 25.9. The Bertz CT molecular complexity index is 1610. The van der Waals surface area contributed by atoms with Crippen LogP contribution in [0, 0.1) is 25.5 Å². The molecule has 5 nitrogen and oxygen atoms in total. The lowest BCUT2D eigenvalue weighted by molar-refractivity contribution is -0.132. The minimum atomic E-state index is -1.17. The molecule has 0 radical (unpaired) electrons. The van der Waals surface area contributed by atoms with E-state index in [-0.39, 0.29) is 16.8 Å². The summed E-state index contributed by atoms with van der Waals surface area (Å²) >= 11 is 0. The van der Waals surface area contributed by atoms with E-state index < -0.39 is 35.1 Å². The van der Waals surface area contributed by atoms with Crippen molar-refractivity contribution in [3.8, 4) is 5.75 Å². The number of ketones is 1. The number of carbonyl (C=O) groups is 2. The van der Waals surface area contributed by atoms with Gasteiger partial charge in [0.2, 0.25) is 0 Å². The number of nitrogens with zero attached hydrogens (tertiary/aromatic N) is 1. The second-order valence-corrected chi connectivity index (χ2v) is 9.43. The number of aryl methyl sites for hydroxylation is 2. The highest BCUT2D eigenvalue weighted by atomic mass is 19.1. The first-order valence-electron chi connectivity index (χ1n) is 12.3. The molecule has 1 amide bonds. The average molecular weight is 526 g/mol. The maximum Gasteiger partial charge on any atom is 0.300 e. The quantitative estimate of drug-likeness (QED) is 0.171. The summed E-state index contributed by atoms with van der Waals surface area (Å²) in [6.07, 6.45) is 0. The number of ether oxygens (including phenoxy) is 1. The molecule has 0 aromatic heterocycles. The van der Waals surface area contributed by atoms with Crippen LogP contribution in [0.3, 0.4) is 0 Å². The topological polar surface area (TPSA) is 66.8 Å². The van der Waals surface area contributed by atoms with Crippen molar-refractivity contribution in [3.05, 3.63) is 136 Å². The van der Waals surface area contributed by atoms with Crippen LogP contribution in [0.15, 0.2) is 96.6 Å². The molecule has 1 fully saturated rings. The fourth-order valence-corrected chi connectivity index (χ4v) is 4.76. The van der Waals surface area contributed by atoms with Gasteiger partial charge >= 0.3 is 0 Å². The summed E-state index contributed by atoms with van der Waals surface area (Å²) in [5, 5.41) is 11.4. The molecule has 1 aliphatic heterocycles. The van der Waals surface area contributed by atoms with E-state index in [2.05, 4.69) is 0 Å². The van der Waals surface area contributed by atoms with E-state index in [1.165, 1.54) is 0 Å². The molecule has 4 aromatic rings. The molecule has 39 heavy (non-hydrogen) atoms. The van der Waals surface area contributed by atoms with Gasteiger partial charge in [-0.15, -0.1) is 0 Å². The summed E-state index contributed by atoms with van der Waals surface area (Å²) in [7, 11) is 0. The Morgan fingerprint density at radius 1 is 0.897 bits per heavy atom. The van der Waals surface area contributed by atoms with E-state index in [1.54, 1.807) is 43.3 Å². The number of halogens is 2. The molecule has 1 aliphatic rings. The van der Waals surface area contributed by atoms with Gasteiger partial charge in [0.1, 0.15) is 29.8 Å². The lowest BCUT2D eigenvalue weighted by Gasteiger charge is -2.26. The van der Waals surface area contributed by atoms with Crippen LogP contribution in [0.4, 0.5) is 14.5 Å². The number of rotatable bonds is 6. The Morgan fingerprint density at radius 3 is 2.38 bits per heavy atom. The van der Waals surface area contributed by atoms with Gasteiger partial charge in [-0.3, -0.25) is 14.5 Å². The minimum Gasteiger partial charge on any atom is -0.507 e. The predicted molar refractivity (Wildman–Crippen MR) is 144 cm³/mol. The largest absolute Gasteiger partial charge is 0.507 e. The van der Waals surface area contributed by atoms with Crippen molar-refractivity contribution in [3.63, 3.8) is 0 Å². The van der Waals surface area contributed by atoms with Crippen molar-refractivity contribution in [1.29, 1.82) is 0 Å². The van der Waals surface area contributed by atoms with E-state index >= 15 is 0 Å². The van der Waals surface area contributed by atoms with Gasteiger partial charge in [0, 0.05) is 11.6 Å². The predicted octanol–water partition coefficient (Wildman–Crippen LogP) is 6.79. The van der Waals surface area contributed by atoms with Gasteiger partial charge in [-0.05, 0) is 60.9 Å². The van der Waals surface area contributed by atoms with Gasteiger partial charge in [-0.1, -0.05) is 60.2 Å². The standard InChI is InChI=1S/C32H25F2NO4/c1-19-7-6-10-22(15-19)29-28(31(37)32(38)35(29)26-17-24(33)12-13-25(26)34)30(36)23-11-14-27(20(2)16-23)39-18-21-8-4-3-5-9-21/h3-17,29,36H,18H2,1-2H3/b30-28+. The monoisotopic (exact) mass is 525 g/mol. The number of hydrogen-bond acceptors (Lipinski definition) is 4. The molecule has 4 aromatic carbocycles. The Kier molecular flexibility index (Phi) is 6.98. The third-order valence-corrected chi connectivity index (χ3v) is 6.66. The third kappa shape index (κ3) is 5.03. The molecule has 1 atom stereocenters. The molecule has 0 saturated carbocycles. The molecule has 1 saturated heterocycles. The Hall–Kier alpha value is -4.78. The number of anilines is 1. The Labute approximate surface area is 224 Å². The summed E-state index contributed by atoms with van der Waals surface area (Å²) in [4.78, 5) is 27.5. The van der Waals surface area contributed by atoms with Crippen molar-refractivity contribution < 1.29 is 28.2 Å². The molecule has 1 N–H and O–H groups in total. The molecule has 1 unspecified atom stereocenters. The minimum absolute atomic E-state index is 0.216. The van der Waals surface area contributed by atoms with E-state index in [1.807, 2.05) is 43.3 Å². The lowest BCUT2D eigenvalue weighted by Crippen LogP contribution is -2.30. The molecule has 0 aliphatic carbocycles. The third-order valence-electron chi connectivity index (χ3n) is 6.66. The second kappa shape index (κ2) is 10.5. The van der Waals surface area contributed by atoms with E-state index in [4.69, 9.17) is 4.74 Å². The highest BCUT2D eigenvalue weighted by Gasteiger charge is 2.47. The maximum absolute atomic E-state index is 14.9. The number of carbonyl (C=O) groups excluding carboxylic acids is 2. The molecule has 1 heterocycles. The van der Waals surface area contributed by atoms with Crippen molar-refractivity contribution in [2.24, 2.45) is 0 Å². The van der Waals surface area contributed by atoms with Gasteiger partial charge in [0.15, 0.2) is 0 Å². The normalized spacial score (nSPS) is 16.5. The number of benzene rings is 4. The van der Waals surface area contributed by atoms with Crippen LogP contribution in [0.5, 0.6) is 5.75 Å². The second-order valence-electron chi connectivity index (χ2n) is 9.43. The molecule has 7 heteroatoms. The van der Waals surface area contributed by atoms with E-state index in [0.29, 0.717) is 23.5 Å².